The third-order valence-corrected chi connectivity index (χ3v) is 9.95. The van der Waals surface area contributed by atoms with Gasteiger partial charge in [0.05, 0.1) is 23.4 Å². The van der Waals surface area contributed by atoms with Crippen LogP contribution in [0.4, 0.5) is 0 Å². The fourth-order valence-corrected chi connectivity index (χ4v) is 7.17. The lowest BCUT2D eigenvalue weighted by Crippen LogP contribution is -2.36. The zero-order valence-electron chi connectivity index (χ0n) is 28.5. The fraction of sp³-hybridized carbons (Fsp3) is 0.282. The number of rotatable bonds is 12. The molecule has 0 saturated carbocycles. The van der Waals surface area contributed by atoms with Gasteiger partial charge in [-0.3, -0.25) is 18.8 Å². The Morgan fingerprint density at radius 1 is 0.885 bits per heavy atom. The Bertz CT molecular complexity index is 2280. The summed E-state index contributed by atoms with van der Waals surface area (Å²) in [7, 11) is 1.56. The topological polar surface area (TPSA) is 163 Å². The first kappa shape index (κ1) is 34.8. The molecule has 2 aliphatic rings. The maximum atomic E-state index is 13.3. The Labute approximate surface area is 305 Å². The maximum absolute atomic E-state index is 13.3. The minimum Gasteiger partial charge on any atom is -0.481 e. The Kier molecular flexibility index (Phi) is 10.3. The van der Waals surface area contributed by atoms with Crippen LogP contribution >= 0.6 is 11.6 Å². The van der Waals surface area contributed by atoms with Crippen molar-refractivity contribution in [1.82, 2.24) is 35.6 Å². The number of halogens is 1. The van der Waals surface area contributed by atoms with E-state index in [-0.39, 0.29) is 29.5 Å². The number of nitriles is 1. The Morgan fingerprint density at radius 3 is 2.19 bits per heavy atom. The normalized spacial score (nSPS) is 16.9. The van der Waals surface area contributed by atoms with Crippen molar-refractivity contribution in [3.63, 3.8) is 0 Å². The molecule has 2 atom stereocenters. The molecule has 12 nitrogen and oxygen atoms in total. The van der Waals surface area contributed by atoms with Gasteiger partial charge in [0, 0.05) is 96.9 Å². The SMILES string of the molecule is COc1nc(-c2cccc(-c3cccc(-c4ccn5c(=O)c(CNCC6CCC(=O)N6)cnc5c4)c3Cl)c2C#N)ccc1CNCC1CCC(=O)N1. The van der Waals surface area contributed by atoms with Crippen molar-refractivity contribution in [2.24, 2.45) is 0 Å². The zero-order chi connectivity index (χ0) is 36.2. The van der Waals surface area contributed by atoms with Crippen LogP contribution in [0.5, 0.6) is 5.88 Å². The van der Waals surface area contributed by atoms with Crippen molar-refractivity contribution >= 4 is 29.1 Å². The van der Waals surface area contributed by atoms with Crippen LogP contribution in [0.3, 0.4) is 0 Å². The van der Waals surface area contributed by atoms with E-state index in [2.05, 4.69) is 32.3 Å². The second kappa shape index (κ2) is 15.3. The second-order valence-electron chi connectivity index (χ2n) is 13.0. The van der Waals surface area contributed by atoms with E-state index in [1.165, 1.54) is 4.40 Å². The highest BCUT2D eigenvalue weighted by Gasteiger charge is 2.22. The average Bonchev–Trinajstić information content (AvgIpc) is 3.78. The van der Waals surface area contributed by atoms with Crippen LogP contribution in [0.25, 0.3) is 39.2 Å². The van der Waals surface area contributed by atoms with Crippen molar-refractivity contribution in [2.75, 3.05) is 20.2 Å². The van der Waals surface area contributed by atoms with E-state index >= 15 is 0 Å². The molecule has 2 aliphatic heterocycles. The molecule has 0 radical (unpaired) electrons. The third kappa shape index (κ3) is 7.25. The molecule has 0 aliphatic carbocycles. The van der Waals surface area contributed by atoms with E-state index in [0.29, 0.717) is 89.1 Å². The minimum atomic E-state index is -0.177. The van der Waals surface area contributed by atoms with E-state index in [1.54, 1.807) is 19.5 Å². The van der Waals surface area contributed by atoms with Crippen LogP contribution in [0.2, 0.25) is 5.02 Å². The van der Waals surface area contributed by atoms with Gasteiger partial charge >= 0.3 is 0 Å². The van der Waals surface area contributed by atoms with Crippen molar-refractivity contribution in [3.05, 3.63) is 105 Å². The van der Waals surface area contributed by atoms with E-state index in [1.807, 2.05) is 60.7 Å². The highest BCUT2D eigenvalue weighted by Crippen LogP contribution is 2.40. The third-order valence-electron chi connectivity index (χ3n) is 9.55. The number of hydrogen-bond donors (Lipinski definition) is 4. The lowest BCUT2D eigenvalue weighted by molar-refractivity contribution is -0.120. The van der Waals surface area contributed by atoms with Gasteiger partial charge in [-0.1, -0.05) is 54.1 Å². The molecule has 264 valence electrons. The number of nitrogens with one attached hydrogen (secondary N) is 4. The number of amides is 2. The highest BCUT2D eigenvalue weighted by atomic mass is 35.5. The summed E-state index contributed by atoms with van der Waals surface area (Å²) in [4.78, 5) is 45.6. The second-order valence-corrected chi connectivity index (χ2v) is 13.4. The molecular formula is C39H37ClN8O4. The molecule has 5 aromatic rings. The van der Waals surface area contributed by atoms with Crippen molar-refractivity contribution in [3.8, 4) is 45.5 Å². The van der Waals surface area contributed by atoms with E-state index in [0.717, 1.165) is 29.5 Å². The predicted molar refractivity (Wildman–Crippen MR) is 198 cm³/mol. The number of methoxy groups -OCH3 is 1. The summed E-state index contributed by atoms with van der Waals surface area (Å²) in [5.74, 6) is 0.579. The van der Waals surface area contributed by atoms with Crippen molar-refractivity contribution < 1.29 is 14.3 Å². The summed E-state index contributed by atoms with van der Waals surface area (Å²) in [6, 6.07) is 21.2. The number of fused-ring (bicyclic) bond motifs is 1. The molecule has 52 heavy (non-hydrogen) atoms. The zero-order valence-corrected chi connectivity index (χ0v) is 29.3. The maximum Gasteiger partial charge on any atom is 0.262 e. The first-order valence-electron chi connectivity index (χ1n) is 17.2. The number of nitrogens with zero attached hydrogens (tertiary/aromatic N) is 4. The number of aromatic nitrogens is 3. The molecule has 2 unspecified atom stereocenters. The van der Waals surface area contributed by atoms with Gasteiger partial charge < -0.3 is 26.0 Å². The molecule has 13 heteroatoms. The summed E-state index contributed by atoms with van der Waals surface area (Å²) in [5, 5.41) is 23.4. The molecule has 4 N–H and O–H groups in total. The number of hydrogen-bond acceptors (Lipinski definition) is 9. The van der Waals surface area contributed by atoms with Crippen LogP contribution in [-0.2, 0) is 22.7 Å². The number of benzene rings is 2. The van der Waals surface area contributed by atoms with Gasteiger partial charge in [-0.15, -0.1) is 0 Å². The molecule has 2 fully saturated rings. The van der Waals surface area contributed by atoms with Gasteiger partial charge in [0.1, 0.15) is 11.7 Å². The number of ether oxygens (including phenoxy) is 1. The molecule has 2 amide bonds. The van der Waals surface area contributed by atoms with Crippen LogP contribution in [-0.4, -0.2) is 58.5 Å². The summed E-state index contributed by atoms with van der Waals surface area (Å²) < 4.78 is 7.14. The van der Waals surface area contributed by atoms with Gasteiger partial charge in [0.2, 0.25) is 17.7 Å². The average molecular weight is 717 g/mol. The van der Waals surface area contributed by atoms with Gasteiger partial charge in [-0.05, 0) is 36.6 Å². The molecule has 0 spiro atoms. The van der Waals surface area contributed by atoms with Crippen molar-refractivity contribution in [1.29, 1.82) is 5.26 Å². The predicted octanol–water partition coefficient (Wildman–Crippen LogP) is 4.36. The summed E-state index contributed by atoms with van der Waals surface area (Å²) >= 11 is 7.11. The summed E-state index contributed by atoms with van der Waals surface area (Å²) in [5.41, 5.74) is 6.14. The Hall–Kier alpha value is -5.61. The molecule has 0 bridgehead atoms. The van der Waals surface area contributed by atoms with Crippen LogP contribution in [0.15, 0.2) is 77.9 Å². The van der Waals surface area contributed by atoms with E-state index in [4.69, 9.17) is 21.3 Å². The lowest BCUT2D eigenvalue weighted by Gasteiger charge is -2.16. The quantitative estimate of drug-likeness (QED) is 0.147. The molecule has 3 aromatic heterocycles. The highest BCUT2D eigenvalue weighted by molar-refractivity contribution is 6.36. The largest absolute Gasteiger partial charge is 0.481 e. The smallest absolute Gasteiger partial charge is 0.262 e. The van der Waals surface area contributed by atoms with Crippen LogP contribution in [0.1, 0.15) is 42.4 Å². The number of carbonyl (C=O) groups is 2. The molecule has 7 rings (SSSR count). The standard InChI is InChI=1S/C39H37ClN8O4/c1-52-38-24(18-42-21-26-9-12-35(49)45-26)8-11-33(47-38)30-6-3-5-29(32(30)17-41)31-7-2-4-28(37(31)40)23-14-15-48-34(16-23)44-20-25(39(48)51)19-43-22-27-10-13-36(50)46-27/h2-8,11,14-16,20,26-27,42-43H,9-10,12-13,18-19,21-22H2,1H3,(H,45,49)(H,46,50). The molecule has 5 heterocycles. The molecule has 2 aromatic carbocycles. The van der Waals surface area contributed by atoms with Crippen molar-refractivity contribution in [2.45, 2.75) is 50.9 Å². The lowest BCUT2D eigenvalue weighted by atomic mass is 9.92. The number of carbonyl (C=O) groups excluding carboxylic acids is 2. The van der Waals surface area contributed by atoms with E-state index < -0.39 is 0 Å². The fourth-order valence-electron chi connectivity index (χ4n) is 6.83. The first-order chi connectivity index (χ1) is 25.3. The summed E-state index contributed by atoms with van der Waals surface area (Å²) in [6.07, 6.45) is 5.94. The van der Waals surface area contributed by atoms with Crippen LogP contribution in [0, 0.1) is 11.3 Å². The Balaban J connectivity index is 1.12. The number of pyridine rings is 2. The minimum absolute atomic E-state index is 0.0537. The van der Waals surface area contributed by atoms with Gasteiger partial charge in [0.15, 0.2) is 0 Å². The van der Waals surface area contributed by atoms with Gasteiger partial charge in [0.25, 0.3) is 5.56 Å². The van der Waals surface area contributed by atoms with E-state index in [9.17, 15) is 19.6 Å². The van der Waals surface area contributed by atoms with Gasteiger partial charge in [-0.2, -0.15) is 5.26 Å². The Morgan fingerprint density at radius 2 is 1.54 bits per heavy atom. The summed E-state index contributed by atoms with van der Waals surface area (Å²) in [6.45, 7) is 2.07. The first-order valence-corrected chi connectivity index (χ1v) is 17.6. The van der Waals surface area contributed by atoms with Gasteiger partial charge in [-0.25, -0.2) is 9.97 Å². The molecule has 2 saturated heterocycles. The monoisotopic (exact) mass is 716 g/mol. The molecular weight excluding hydrogens is 680 g/mol. The van der Waals surface area contributed by atoms with Crippen LogP contribution < -0.4 is 31.6 Å².